The third-order valence-corrected chi connectivity index (χ3v) is 5.69. The van der Waals surface area contributed by atoms with Gasteiger partial charge in [-0.15, -0.1) is 11.8 Å². The van der Waals surface area contributed by atoms with Crippen molar-refractivity contribution >= 4 is 35.0 Å². The number of nitrogens with one attached hydrogen (secondary N) is 2. The smallest absolute Gasteiger partial charge is 0.251 e. The number of carbonyl (C=O) groups excluding carboxylic acids is 2. The first kappa shape index (κ1) is 19.8. The average Bonchev–Trinajstić information content (AvgIpc) is 3.28. The number of fused-ring (bicyclic) bond motifs is 1. The van der Waals surface area contributed by atoms with Crippen molar-refractivity contribution in [2.24, 2.45) is 0 Å². The van der Waals surface area contributed by atoms with Crippen LogP contribution in [0, 0.1) is 0 Å². The molecular formula is C22H20N4O3S. The minimum atomic E-state index is -0.212. The fourth-order valence-electron chi connectivity index (χ4n) is 3.06. The van der Waals surface area contributed by atoms with Crippen LogP contribution in [0.2, 0.25) is 0 Å². The van der Waals surface area contributed by atoms with Gasteiger partial charge >= 0.3 is 0 Å². The number of furan rings is 1. The summed E-state index contributed by atoms with van der Waals surface area (Å²) in [5.74, 6) is 0.976. The highest BCUT2D eigenvalue weighted by molar-refractivity contribution is 7.99. The maximum absolute atomic E-state index is 12.6. The largest absolute Gasteiger partial charge is 0.467 e. The lowest BCUT2D eigenvalue weighted by molar-refractivity contribution is -0.114. The predicted molar refractivity (Wildman–Crippen MR) is 116 cm³/mol. The molecule has 1 aliphatic rings. The number of rotatable bonds is 6. The van der Waals surface area contributed by atoms with Crippen molar-refractivity contribution in [1.29, 1.82) is 0 Å². The number of carbonyl (C=O) groups is 2. The Labute approximate surface area is 178 Å². The second kappa shape index (κ2) is 8.87. The van der Waals surface area contributed by atoms with Crippen molar-refractivity contribution < 1.29 is 14.0 Å². The maximum atomic E-state index is 12.6. The highest BCUT2D eigenvalue weighted by Crippen LogP contribution is 2.39. The first-order valence-corrected chi connectivity index (χ1v) is 10.3. The lowest BCUT2D eigenvalue weighted by Gasteiger charge is -2.32. The molecule has 0 fully saturated rings. The molecule has 30 heavy (non-hydrogen) atoms. The number of hydrogen-bond donors (Lipinski definition) is 2. The lowest BCUT2D eigenvalue weighted by Crippen LogP contribution is -2.35. The molecule has 0 saturated carbocycles. The Hall–Kier alpha value is -3.52. The molecule has 2 amide bonds. The molecule has 0 unspecified atom stereocenters. The second-order valence-corrected chi connectivity index (χ2v) is 7.69. The van der Waals surface area contributed by atoms with E-state index in [1.807, 2.05) is 11.0 Å². The van der Waals surface area contributed by atoms with Crippen molar-refractivity contribution in [3.8, 4) is 0 Å². The Bertz CT molecular complexity index is 1070. The van der Waals surface area contributed by atoms with E-state index in [0.29, 0.717) is 29.3 Å². The van der Waals surface area contributed by atoms with E-state index in [2.05, 4.69) is 22.2 Å². The molecule has 2 aromatic heterocycles. The Morgan fingerprint density at radius 3 is 2.80 bits per heavy atom. The molecule has 0 aliphatic carbocycles. The molecule has 1 aromatic carbocycles. The van der Waals surface area contributed by atoms with Crippen molar-refractivity contribution in [2.45, 2.75) is 11.4 Å². The van der Waals surface area contributed by atoms with E-state index in [0.717, 1.165) is 16.3 Å². The highest BCUT2D eigenvalue weighted by atomic mass is 32.2. The molecule has 0 atom stereocenters. The first-order chi connectivity index (χ1) is 14.6. The average molecular weight is 420 g/mol. The van der Waals surface area contributed by atoms with Crippen LogP contribution in [-0.2, 0) is 11.3 Å². The van der Waals surface area contributed by atoms with Gasteiger partial charge < -0.3 is 20.0 Å². The molecule has 0 radical (unpaired) electrons. The minimum Gasteiger partial charge on any atom is -0.467 e. The van der Waals surface area contributed by atoms with Crippen LogP contribution >= 0.6 is 11.8 Å². The van der Waals surface area contributed by atoms with Crippen LogP contribution in [0.25, 0.3) is 0 Å². The predicted octanol–water partition coefficient (Wildman–Crippen LogP) is 3.67. The van der Waals surface area contributed by atoms with Crippen molar-refractivity contribution in [3.05, 3.63) is 84.7 Å². The molecule has 1 aliphatic heterocycles. The number of amides is 2. The molecule has 0 spiro atoms. The van der Waals surface area contributed by atoms with E-state index in [1.165, 1.54) is 0 Å². The van der Waals surface area contributed by atoms with Crippen LogP contribution in [0.3, 0.4) is 0 Å². The summed E-state index contributed by atoms with van der Waals surface area (Å²) < 4.78 is 5.25. The molecule has 152 valence electrons. The van der Waals surface area contributed by atoms with Gasteiger partial charge in [0.15, 0.2) is 0 Å². The fourth-order valence-corrected chi connectivity index (χ4v) is 4.02. The molecular weight excluding hydrogens is 400 g/mol. The Kier molecular flexibility index (Phi) is 5.85. The van der Waals surface area contributed by atoms with E-state index >= 15 is 0 Å². The topological polar surface area (TPSA) is 87.5 Å². The minimum absolute atomic E-state index is 0.103. The molecule has 4 rings (SSSR count). The standard InChI is InChI=1S/C22H20N4O3S/c1-15-14-30-20-5-4-16(22(28)24-12-18-3-2-10-29-18)11-19(20)26(15)13-21(27)25-17-6-8-23-9-7-17/h2-11H,1,12-14H2,(H,24,28)(H,23,25,27). The Morgan fingerprint density at radius 2 is 2.03 bits per heavy atom. The Morgan fingerprint density at radius 1 is 1.20 bits per heavy atom. The normalized spacial score (nSPS) is 12.9. The number of thioether (sulfide) groups is 1. The molecule has 7 nitrogen and oxygen atoms in total. The van der Waals surface area contributed by atoms with Gasteiger partial charge in [0.1, 0.15) is 12.3 Å². The molecule has 0 saturated heterocycles. The van der Waals surface area contributed by atoms with Gasteiger partial charge in [-0.05, 0) is 42.5 Å². The van der Waals surface area contributed by atoms with Gasteiger partial charge in [-0.3, -0.25) is 14.6 Å². The van der Waals surface area contributed by atoms with Gasteiger partial charge in [0.2, 0.25) is 5.91 Å². The second-order valence-electron chi connectivity index (χ2n) is 6.67. The van der Waals surface area contributed by atoms with E-state index in [9.17, 15) is 9.59 Å². The zero-order valence-electron chi connectivity index (χ0n) is 16.1. The number of nitrogens with zero attached hydrogens (tertiary/aromatic N) is 2. The van der Waals surface area contributed by atoms with Crippen LogP contribution in [0.1, 0.15) is 16.1 Å². The summed E-state index contributed by atoms with van der Waals surface area (Å²) in [5, 5.41) is 5.70. The zero-order chi connectivity index (χ0) is 20.9. The SMILES string of the molecule is C=C1CSc2ccc(C(=O)NCc3ccco3)cc2N1CC(=O)Nc1ccncc1. The Balaban J connectivity index is 1.49. The summed E-state index contributed by atoms with van der Waals surface area (Å²) in [6, 6.07) is 12.5. The zero-order valence-corrected chi connectivity index (χ0v) is 16.9. The number of pyridine rings is 1. The summed E-state index contributed by atoms with van der Waals surface area (Å²) >= 11 is 1.64. The highest BCUT2D eigenvalue weighted by Gasteiger charge is 2.24. The lowest BCUT2D eigenvalue weighted by atomic mass is 10.1. The van der Waals surface area contributed by atoms with Crippen molar-refractivity contribution in [3.63, 3.8) is 0 Å². The molecule has 2 N–H and O–H groups in total. The van der Waals surface area contributed by atoms with Gasteiger partial charge in [0.05, 0.1) is 18.5 Å². The van der Waals surface area contributed by atoms with Crippen LogP contribution in [0.5, 0.6) is 0 Å². The third-order valence-electron chi connectivity index (χ3n) is 4.56. The molecule has 0 bridgehead atoms. The number of aromatic nitrogens is 1. The van der Waals surface area contributed by atoms with E-state index in [4.69, 9.17) is 4.42 Å². The number of benzene rings is 1. The van der Waals surface area contributed by atoms with E-state index < -0.39 is 0 Å². The van der Waals surface area contributed by atoms with Gasteiger partial charge in [-0.2, -0.15) is 0 Å². The fraction of sp³-hybridized carbons (Fsp3) is 0.136. The third kappa shape index (κ3) is 4.55. The van der Waals surface area contributed by atoms with E-state index in [-0.39, 0.29) is 18.4 Å². The van der Waals surface area contributed by atoms with Crippen molar-refractivity contribution in [2.75, 3.05) is 22.5 Å². The van der Waals surface area contributed by atoms with Gasteiger partial charge in [0.25, 0.3) is 5.91 Å². The monoisotopic (exact) mass is 420 g/mol. The van der Waals surface area contributed by atoms with Crippen LogP contribution in [-0.4, -0.2) is 29.1 Å². The summed E-state index contributed by atoms with van der Waals surface area (Å²) in [5.41, 5.74) is 2.80. The van der Waals surface area contributed by atoms with Crippen LogP contribution < -0.4 is 15.5 Å². The number of hydrogen-bond acceptors (Lipinski definition) is 6. The van der Waals surface area contributed by atoms with Gasteiger partial charge in [-0.25, -0.2) is 0 Å². The van der Waals surface area contributed by atoms with E-state index in [1.54, 1.807) is 66.8 Å². The quantitative estimate of drug-likeness (QED) is 0.633. The maximum Gasteiger partial charge on any atom is 0.251 e. The summed E-state index contributed by atoms with van der Waals surface area (Å²) in [4.78, 5) is 32.0. The number of anilines is 2. The van der Waals surface area contributed by atoms with Crippen molar-refractivity contribution in [1.82, 2.24) is 10.3 Å². The summed E-state index contributed by atoms with van der Waals surface area (Å²) in [6.07, 6.45) is 4.81. The van der Waals surface area contributed by atoms with Gasteiger partial charge in [0, 0.05) is 40.0 Å². The van der Waals surface area contributed by atoms with Crippen LogP contribution in [0.4, 0.5) is 11.4 Å². The molecule has 3 heterocycles. The molecule has 8 heteroatoms. The van der Waals surface area contributed by atoms with Gasteiger partial charge in [-0.1, -0.05) is 6.58 Å². The molecule has 3 aromatic rings. The summed E-state index contributed by atoms with van der Waals surface area (Å²) in [6.45, 7) is 4.51. The van der Waals surface area contributed by atoms with Crippen LogP contribution in [0.15, 0.2) is 82.7 Å². The summed E-state index contributed by atoms with van der Waals surface area (Å²) in [7, 11) is 0. The first-order valence-electron chi connectivity index (χ1n) is 9.33.